The molecule has 0 aliphatic heterocycles. The number of hydrogen-bond acceptors (Lipinski definition) is 5. The van der Waals surface area contributed by atoms with Crippen LogP contribution in [0.5, 0.6) is 5.75 Å². The summed E-state index contributed by atoms with van der Waals surface area (Å²) in [5, 5.41) is 18.3. The van der Waals surface area contributed by atoms with Gasteiger partial charge in [-0.25, -0.2) is 8.42 Å². The van der Waals surface area contributed by atoms with Crippen molar-refractivity contribution in [2.24, 2.45) is 5.73 Å². The fourth-order valence-electron chi connectivity index (χ4n) is 1.34. The predicted molar refractivity (Wildman–Crippen MR) is 55.2 cm³/mol. The minimum absolute atomic E-state index is 0.216. The first kappa shape index (κ1) is 12.0. The molecule has 0 bridgehead atoms. The number of phenolic OH excluding ortho intramolecular Hbond substituents is 1. The van der Waals surface area contributed by atoms with Crippen molar-refractivity contribution in [1.82, 2.24) is 0 Å². The lowest BCUT2D eigenvalue weighted by atomic mass is 10.1. The summed E-state index contributed by atoms with van der Waals surface area (Å²) in [5.41, 5.74) is 5.76. The summed E-state index contributed by atoms with van der Waals surface area (Å²) in [5.74, 6) is -0.348. The highest BCUT2D eigenvalue weighted by Gasteiger charge is 2.21. The first-order valence-electron chi connectivity index (χ1n) is 4.26. The lowest BCUT2D eigenvalue weighted by Crippen LogP contribution is -2.18. The van der Waals surface area contributed by atoms with E-state index in [2.05, 4.69) is 0 Å². The van der Waals surface area contributed by atoms with Crippen LogP contribution in [-0.2, 0) is 9.84 Å². The van der Waals surface area contributed by atoms with Crippen molar-refractivity contribution in [2.75, 3.05) is 12.9 Å². The normalized spacial score (nSPS) is 13.8. The SMILES string of the molecule is CS(=O)(=O)c1c(O)cccc1C(N)CO. The Bertz CT molecular complexity index is 455. The van der Waals surface area contributed by atoms with E-state index in [1.165, 1.54) is 18.2 Å². The second kappa shape index (κ2) is 4.18. The Labute approximate surface area is 88.1 Å². The maximum atomic E-state index is 11.4. The molecule has 0 aliphatic carbocycles. The van der Waals surface area contributed by atoms with E-state index < -0.39 is 15.9 Å². The zero-order valence-electron chi connectivity index (χ0n) is 8.21. The predicted octanol–water partition coefficient (Wildman–Crippen LogP) is -0.212. The van der Waals surface area contributed by atoms with Crippen LogP contribution in [0.2, 0.25) is 0 Å². The molecule has 1 aromatic rings. The highest BCUT2D eigenvalue weighted by molar-refractivity contribution is 7.90. The number of aliphatic hydroxyl groups excluding tert-OH is 1. The molecule has 0 radical (unpaired) electrons. The molecule has 6 heteroatoms. The Hall–Kier alpha value is -1.11. The number of aromatic hydroxyl groups is 1. The molecular formula is C9H13NO4S. The van der Waals surface area contributed by atoms with E-state index in [1.807, 2.05) is 0 Å². The average molecular weight is 231 g/mol. The van der Waals surface area contributed by atoms with Crippen molar-refractivity contribution in [3.05, 3.63) is 23.8 Å². The van der Waals surface area contributed by atoms with Crippen LogP contribution in [0.15, 0.2) is 23.1 Å². The molecule has 1 unspecified atom stereocenters. The van der Waals surface area contributed by atoms with Crippen molar-refractivity contribution >= 4 is 9.84 Å². The van der Waals surface area contributed by atoms with Crippen molar-refractivity contribution in [2.45, 2.75) is 10.9 Å². The average Bonchev–Trinajstić information content (AvgIpc) is 2.14. The van der Waals surface area contributed by atoms with Gasteiger partial charge in [-0.05, 0) is 11.6 Å². The van der Waals surface area contributed by atoms with Crippen LogP contribution in [-0.4, -0.2) is 31.5 Å². The molecule has 0 saturated carbocycles. The third-order valence-corrected chi connectivity index (χ3v) is 3.18. The van der Waals surface area contributed by atoms with Gasteiger partial charge < -0.3 is 15.9 Å². The Kier molecular flexibility index (Phi) is 3.33. The van der Waals surface area contributed by atoms with E-state index in [-0.39, 0.29) is 22.8 Å². The number of rotatable bonds is 3. The van der Waals surface area contributed by atoms with E-state index in [1.54, 1.807) is 0 Å². The topological polar surface area (TPSA) is 101 Å². The molecule has 0 spiro atoms. The van der Waals surface area contributed by atoms with Crippen LogP contribution >= 0.6 is 0 Å². The Morgan fingerprint density at radius 3 is 2.53 bits per heavy atom. The minimum atomic E-state index is -3.56. The number of hydrogen-bond donors (Lipinski definition) is 3. The molecule has 1 aromatic carbocycles. The van der Waals surface area contributed by atoms with Crippen LogP contribution in [0.4, 0.5) is 0 Å². The third kappa shape index (κ3) is 2.47. The second-order valence-electron chi connectivity index (χ2n) is 3.26. The second-order valence-corrected chi connectivity index (χ2v) is 5.21. The van der Waals surface area contributed by atoms with Gasteiger partial charge >= 0.3 is 0 Å². The maximum Gasteiger partial charge on any atom is 0.179 e. The van der Waals surface area contributed by atoms with Gasteiger partial charge in [0.2, 0.25) is 0 Å². The number of sulfone groups is 1. The fourth-order valence-corrected chi connectivity index (χ4v) is 2.43. The molecule has 1 rings (SSSR count). The van der Waals surface area contributed by atoms with Gasteiger partial charge in [0.05, 0.1) is 12.6 Å². The first-order valence-corrected chi connectivity index (χ1v) is 6.15. The standard InChI is InChI=1S/C9H13NO4S/c1-15(13,14)9-6(7(10)5-11)3-2-4-8(9)12/h2-4,7,11-12H,5,10H2,1H3. The molecule has 15 heavy (non-hydrogen) atoms. The van der Waals surface area contributed by atoms with Crippen LogP contribution in [0.25, 0.3) is 0 Å². The first-order chi connectivity index (χ1) is 6.88. The highest BCUT2D eigenvalue weighted by Crippen LogP contribution is 2.29. The summed E-state index contributed by atoms with van der Waals surface area (Å²) < 4.78 is 22.8. The van der Waals surface area contributed by atoms with Crippen molar-refractivity contribution < 1.29 is 18.6 Å². The van der Waals surface area contributed by atoms with Crippen LogP contribution < -0.4 is 5.73 Å². The smallest absolute Gasteiger partial charge is 0.179 e. The Morgan fingerprint density at radius 1 is 1.47 bits per heavy atom. The fraction of sp³-hybridized carbons (Fsp3) is 0.333. The summed E-state index contributed by atoms with van der Waals surface area (Å²) >= 11 is 0. The van der Waals surface area contributed by atoms with E-state index in [9.17, 15) is 13.5 Å². The summed E-state index contributed by atoms with van der Waals surface area (Å²) in [6.07, 6.45) is 0.982. The zero-order valence-corrected chi connectivity index (χ0v) is 9.03. The monoisotopic (exact) mass is 231 g/mol. The van der Waals surface area contributed by atoms with Gasteiger partial charge in [-0.15, -0.1) is 0 Å². The molecule has 4 N–H and O–H groups in total. The molecule has 84 valence electrons. The summed E-state index contributed by atoms with van der Waals surface area (Å²) in [4.78, 5) is -0.216. The Morgan fingerprint density at radius 2 is 2.07 bits per heavy atom. The molecule has 5 nitrogen and oxygen atoms in total. The van der Waals surface area contributed by atoms with Gasteiger partial charge in [-0.1, -0.05) is 12.1 Å². The van der Waals surface area contributed by atoms with Crippen LogP contribution in [0, 0.1) is 0 Å². The van der Waals surface area contributed by atoms with E-state index in [0.717, 1.165) is 6.26 Å². The van der Waals surface area contributed by atoms with E-state index >= 15 is 0 Å². The molecule has 1 atom stereocenters. The summed E-state index contributed by atoms with van der Waals surface area (Å²) in [6, 6.07) is 3.40. The van der Waals surface area contributed by atoms with Gasteiger partial charge in [0.1, 0.15) is 10.6 Å². The van der Waals surface area contributed by atoms with Crippen molar-refractivity contribution in [3.8, 4) is 5.75 Å². The van der Waals surface area contributed by atoms with Gasteiger partial charge in [0, 0.05) is 6.26 Å². The van der Waals surface area contributed by atoms with Gasteiger partial charge in [-0.3, -0.25) is 0 Å². The lowest BCUT2D eigenvalue weighted by molar-refractivity contribution is 0.266. The van der Waals surface area contributed by atoms with E-state index in [4.69, 9.17) is 10.8 Å². The molecule has 0 aliphatic rings. The molecular weight excluding hydrogens is 218 g/mol. The molecule has 0 saturated heterocycles. The quantitative estimate of drug-likeness (QED) is 0.668. The molecule has 0 fully saturated rings. The van der Waals surface area contributed by atoms with E-state index in [0.29, 0.717) is 0 Å². The number of nitrogens with two attached hydrogens (primary N) is 1. The lowest BCUT2D eigenvalue weighted by Gasteiger charge is -2.14. The van der Waals surface area contributed by atoms with Crippen molar-refractivity contribution in [1.29, 1.82) is 0 Å². The molecule has 0 aromatic heterocycles. The van der Waals surface area contributed by atoms with Crippen LogP contribution in [0.3, 0.4) is 0 Å². The van der Waals surface area contributed by atoms with Gasteiger partial charge in [0.25, 0.3) is 0 Å². The van der Waals surface area contributed by atoms with Crippen molar-refractivity contribution in [3.63, 3.8) is 0 Å². The Balaban J connectivity index is 3.47. The van der Waals surface area contributed by atoms with Gasteiger partial charge in [-0.2, -0.15) is 0 Å². The number of benzene rings is 1. The number of aliphatic hydroxyl groups is 1. The zero-order chi connectivity index (χ0) is 11.6. The number of phenols is 1. The minimum Gasteiger partial charge on any atom is -0.507 e. The third-order valence-electron chi connectivity index (χ3n) is 1.99. The van der Waals surface area contributed by atoms with Crippen LogP contribution in [0.1, 0.15) is 11.6 Å². The summed E-state index contributed by atoms with van der Waals surface area (Å²) in [7, 11) is -3.56. The van der Waals surface area contributed by atoms with Gasteiger partial charge in [0.15, 0.2) is 9.84 Å². The maximum absolute atomic E-state index is 11.4. The highest BCUT2D eigenvalue weighted by atomic mass is 32.2. The molecule has 0 heterocycles. The largest absolute Gasteiger partial charge is 0.507 e. The summed E-state index contributed by atoms with van der Waals surface area (Å²) in [6.45, 7) is -0.383. The molecule has 0 amide bonds.